The average molecular weight is 442 g/mol. The summed E-state index contributed by atoms with van der Waals surface area (Å²) in [6.07, 6.45) is 1.23. The number of allylic oxidation sites excluding steroid dienone is 1. The van der Waals surface area contributed by atoms with Crippen LogP contribution < -0.4 is 10.2 Å². The lowest BCUT2D eigenvalue weighted by atomic mass is 9.67. The van der Waals surface area contributed by atoms with Crippen molar-refractivity contribution in [2.75, 3.05) is 24.3 Å². The summed E-state index contributed by atoms with van der Waals surface area (Å²) in [5.41, 5.74) is 5.30. The zero-order valence-corrected chi connectivity index (χ0v) is 19.3. The number of benzene rings is 3. The SMILES string of the molecule is CN(C)c1ccc([N+](=O)[O-])cc1[C@H]1Nc2ccc3ccccc3c2C2=C1C(=O)CC(C)(C)C2. The Balaban J connectivity index is 1.82. The molecule has 0 radical (unpaired) electrons. The van der Waals surface area contributed by atoms with Crippen molar-refractivity contribution in [3.8, 4) is 0 Å². The largest absolute Gasteiger partial charge is 0.377 e. The van der Waals surface area contributed by atoms with Crippen molar-refractivity contribution >= 4 is 39.2 Å². The summed E-state index contributed by atoms with van der Waals surface area (Å²) in [5.74, 6) is 0.105. The fourth-order valence-electron chi connectivity index (χ4n) is 5.36. The number of ketones is 1. The van der Waals surface area contributed by atoms with Crippen LogP contribution in [0.15, 0.2) is 60.2 Å². The number of hydrogen-bond acceptors (Lipinski definition) is 5. The summed E-state index contributed by atoms with van der Waals surface area (Å²) in [6.45, 7) is 4.27. The second-order valence-corrected chi connectivity index (χ2v) is 10.0. The Labute approximate surface area is 193 Å². The summed E-state index contributed by atoms with van der Waals surface area (Å²) in [7, 11) is 3.83. The summed E-state index contributed by atoms with van der Waals surface area (Å²) < 4.78 is 0. The highest BCUT2D eigenvalue weighted by molar-refractivity contribution is 6.13. The van der Waals surface area contributed by atoms with Crippen molar-refractivity contribution in [3.63, 3.8) is 0 Å². The molecule has 0 saturated heterocycles. The third kappa shape index (κ3) is 3.46. The lowest BCUT2D eigenvalue weighted by Gasteiger charge is -2.40. The van der Waals surface area contributed by atoms with Crippen LogP contribution >= 0.6 is 0 Å². The lowest BCUT2D eigenvalue weighted by molar-refractivity contribution is -0.384. The predicted molar refractivity (Wildman–Crippen MR) is 133 cm³/mol. The van der Waals surface area contributed by atoms with Gasteiger partial charge in [0.15, 0.2) is 5.78 Å². The molecule has 0 amide bonds. The van der Waals surface area contributed by atoms with Gasteiger partial charge in [0.25, 0.3) is 5.69 Å². The minimum Gasteiger partial charge on any atom is -0.377 e. The number of nitro groups is 1. The van der Waals surface area contributed by atoms with E-state index < -0.39 is 6.04 Å². The van der Waals surface area contributed by atoms with E-state index in [1.165, 1.54) is 6.07 Å². The molecule has 1 aliphatic heterocycles. The van der Waals surface area contributed by atoms with Crippen LogP contribution in [0.25, 0.3) is 16.3 Å². The maximum absolute atomic E-state index is 13.6. The molecular weight excluding hydrogens is 414 g/mol. The highest BCUT2D eigenvalue weighted by Crippen LogP contribution is 2.53. The van der Waals surface area contributed by atoms with E-state index >= 15 is 0 Å². The van der Waals surface area contributed by atoms with Gasteiger partial charge in [-0.3, -0.25) is 14.9 Å². The lowest BCUT2D eigenvalue weighted by Crippen LogP contribution is -2.33. The van der Waals surface area contributed by atoms with Crippen molar-refractivity contribution in [2.24, 2.45) is 5.41 Å². The van der Waals surface area contributed by atoms with E-state index in [-0.39, 0.29) is 21.8 Å². The highest BCUT2D eigenvalue weighted by Gasteiger charge is 2.41. The van der Waals surface area contributed by atoms with E-state index in [9.17, 15) is 14.9 Å². The van der Waals surface area contributed by atoms with Crippen LogP contribution in [0, 0.1) is 15.5 Å². The number of carbonyl (C=O) groups is 1. The molecule has 6 nitrogen and oxygen atoms in total. The van der Waals surface area contributed by atoms with Crippen molar-refractivity contribution < 1.29 is 9.72 Å². The van der Waals surface area contributed by atoms with E-state index in [0.717, 1.165) is 50.8 Å². The van der Waals surface area contributed by atoms with E-state index in [0.29, 0.717) is 6.42 Å². The minimum absolute atomic E-state index is 0.0208. The second-order valence-electron chi connectivity index (χ2n) is 10.0. The molecule has 0 bridgehead atoms. The van der Waals surface area contributed by atoms with Gasteiger partial charge in [-0.15, -0.1) is 0 Å². The van der Waals surface area contributed by atoms with E-state index in [1.54, 1.807) is 12.1 Å². The van der Waals surface area contributed by atoms with Gasteiger partial charge in [0.1, 0.15) is 0 Å². The highest BCUT2D eigenvalue weighted by atomic mass is 16.6. The van der Waals surface area contributed by atoms with Crippen LogP contribution in [-0.2, 0) is 4.79 Å². The molecular formula is C27H27N3O3. The first-order chi connectivity index (χ1) is 15.7. The van der Waals surface area contributed by atoms with E-state index in [2.05, 4.69) is 43.4 Å². The van der Waals surface area contributed by atoms with Crippen LogP contribution in [-0.4, -0.2) is 24.8 Å². The zero-order valence-electron chi connectivity index (χ0n) is 19.3. The number of carbonyl (C=O) groups excluding carboxylic acids is 1. The number of Topliss-reactive ketones (excluding diaryl/α,β-unsaturated/α-hetero) is 1. The fraction of sp³-hybridized carbons (Fsp3) is 0.296. The van der Waals surface area contributed by atoms with Gasteiger partial charge in [0, 0.05) is 60.7 Å². The minimum atomic E-state index is -0.449. The molecule has 0 aromatic heterocycles. The number of anilines is 2. The van der Waals surface area contributed by atoms with Crippen molar-refractivity contribution in [2.45, 2.75) is 32.7 Å². The second kappa shape index (κ2) is 7.44. The van der Waals surface area contributed by atoms with Gasteiger partial charge in [-0.1, -0.05) is 44.2 Å². The smallest absolute Gasteiger partial charge is 0.269 e. The van der Waals surface area contributed by atoms with Gasteiger partial charge >= 0.3 is 0 Å². The molecule has 33 heavy (non-hydrogen) atoms. The number of nitrogens with zero attached hydrogens (tertiary/aromatic N) is 2. The first-order valence-electron chi connectivity index (χ1n) is 11.2. The molecule has 0 unspecified atom stereocenters. The Hall–Kier alpha value is -3.67. The number of non-ortho nitro benzene ring substituents is 1. The van der Waals surface area contributed by atoms with Gasteiger partial charge in [0.2, 0.25) is 0 Å². The van der Waals surface area contributed by atoms with Crippen LogP contribution in [0.5, 0.6) is 0 Å². The van der Waals surface area contributed by atoms with Gasteiger partial charge in [-0.25, -0.2) is 0 Å². The van der Waals surface area contributed by atoms with Crippen molar-refractivity contribution in [1.82, 2.24) is 0 Å². The number of rotatable bonds is 3. The third-order valence-electron chi connectivity index (χ3n) is 6.75. The quantitative estimate of drug-likeness (QED) is 0.391. The van der Waals surface area contributed by atoms with E-state index in [4.69, 9.17) is 0 Å². The van der Waals surface area contributed by atoms with Crippen LogP contribution in [0.4, 0.5) is 17.1 Å². The molecule has 6 heteroatoms. The predicted octanol–water partition coefficient (Wildman–Crippen LogP) is 6.12. The first kappa shape index (κ1) is 21.2. The summed E-state index contributed by atoms with van der Waals surface area (Å²) in [4.78, 5) is 26.8. The Morgan fingerprint density at radius 3 is 2.55 bits per heavy atom. The number of fused-ring (bicyclic) bond motifs is 4. The Kier molecular flexibility index (Phi) is 4.78. The summed E-state index contributed by atoms with van der Waals surface area (Å²) >= 11 is 0. The van der Waals surface area contributed by atoms with Gasteiger partial charge in [-0.2, -0.15) is 0 Å². The van der Waals surface area contributed by atoms with Crippen molar-refractivity contribution in [3.05, 3.63) is 81.4 Å². The molecule has 3 aromatic carbocycles. The number of nitro benzene ring substituents is 1. The molecule has 3 aromatic rings. The molecule has 5 rings (SSSR count). The van der Waals surface area contributed by atoms with Gasteiger partial charge in [-0.05, 0) is 40.3 Å². The van der Waals surface area contributed by atoms with Crippen LogP contribution in [0.2, 0.25) is 0 Å². The summed E-state index contributed by atoms with van der Waals surface area (Å²) in [6, 6.07) is 16.8. The molecule has 1 heterocycles. The van der Waals surface area contributed by atoms with Crippen molar-refractivity contribution in [1.29, 1.82) is 0 Å². The zero-order chi connectivity index (χ0) is 23.5. The average Bonchev–Trinajstić information content (AvgIpc) is 2.76. The van der Waals surface area contributed by atoms with E-state index in [1.807, 2.05) is 31.1 Å². The fourth-order valence-corrected chi connectivity index (χ4v) is 5.36. The van der Waals surface area contributed by atoms with Crippen LogP contribution in [0.3, 0.4) is 0 Å². The molecule has 2 aliphatic rings. The van der Waals surface area contributed by atoms with Gasteiger partial charge < -0.3 is 10.2 Å². The maximum atomic E-state index is 13.6. The standard InChI is InChI=1S/C27H27N3O3/c1-27(2)14-20-24-18-8-6-5-7-16(18)9-11-21(24)28-26(25(20)23(31)15-27)19-13-17(30(32)33)10-12-22(19)29(3)4/h5-13,26,28H,14-15H2,1-4H3/t26-/m1/s1. The monoisotopic (exact) mass is 441 g/mol. The molecule has 1 atom stereocenters. The molecule has 1 aliphatic carbocycles. The van der Waals surface area contributed by atoms with Crippen LogP contribution in [0.1, 0.15) is 43.9 Å². The topological polar surface area (TPSA) is 75.5 Å². The molecule has 0 saturated carbocycles. The Morgan fingerprint density at radius 1 is 1.06 bits per heavy atom. The maximum Gasteiger partial charge on any atom is 0.269 e. The Bertz CT molecular complexity index is 1350. The molecule has 0 spiro atoms. The summed E-state index contributed by atoms with van der Waals surface area (Å²) in [5, 5.41) is 17.4. The third-order valence-corrected chi connectivity index (χ3v) is 6.75. The first-order valence-corrected chi connectivity index (χ1v) is 11.2. The Morgan fingerprint density at radius 2 is 1.82 bits per heavy atom. The number of hydrogen-bond donors (Lipinski definition) is 1. The molecule has 0 fully saturated rings. The molecule has 168 valence electrons. The number of nitrogens with one attached hydrogen (secondary N) is 1. The normalized spacial score (nSPS) is 19.0. The van der Waals surface area contributed by atoms with Gasteiger partial charge in [0.05, 0.1) is 11.0 Å². The molecule has 1 N–H and O–H groups in total.